The average Bonchev–Trinajstić information content (AvgIpc) is 2.92. The molecule has 2 amide bonds. The molecule has 4 rings (SSSR count). The summed E-state index contributed by atoms with van der Waals surface area (Å²) in [6.45, 7) is 1.43. The van der Waals surface area contributed by atoms with Crippen LogP contribution in [0.5, 0.6) is 11.5 Å². The van der Waals surface area contributed by atoms with Crippen LogP contribution in [0, 0.1) is 5.92 Å². The summed E-state index contributed by atoms with van der Waals surface area (Å²) in [6, 6.07) is 27.2. The van der Waals surface area contributed by atoms with Gasteiger partial charge < -0.3 is 19.7 Å². The number of piperidine rings is 1. The second-order valence-corrected chi connectivity index (χ2v) is 8.79. The van der Waals surface area contributed by atoms with Gasteiger partial charge in [0.05, 0.1) is 13.0 Å². The number of carbonyl (C=O) groups is 2. The van der Waals surface area contributed by atoms with Gasteiger partial charge in [0.25, 0.3) is 5.91 Å². The molecule has 6 heteroatoms. The minimum Gasteiger partial charge on any atom is -0.496 e. The predicted octanol–water partition coefficient (Wildman–Crippen LogP) is 4.07. The molecule has 6 nitrogen and oxygen atoms in total. The van der Waals surface area contributed by atoms with E-state index in [1.807, 2.05) is 72.8 Å². The molecule has 182 valence electrons. The Labute approximate surface area is 206 Å². The quantitative estimate of drug-likeness (QED) is 0.510. The first-order chi connectivity index (χ1) is 17.1. The normalized spacial score (nSPS) is 17.5. The van der Waals surface area contributed by atoms with Crippen LogP contribution in [-0.4, -0.2) is 50.1 Å². The van der Waals surface area contributed by atoms with Crippen molar-refractivity contribution < 1.29 is 19.1 Å². The summed E-state index contributed by atoms with van der Waals surface area (Å²) in [5, 5.41) is 3.08. The van der Waals surface area contributed by atoms with Crippen molar-refractivity contribution in [3.8, 4) is 11.5 Å². The maximum atomic E-state index is 13.2. The molecule has 0 aliphatic carbocycles. The van der Waals surface area contributed by atoms with Gasteiger partial charge in [-0.05, 0) is 42.2 Å². The Kier molecular flexibility index (Phi) is 8.39. The van der Waals surface area contributed by atoms with E-state index >= 15 is 0 Å². The van der Waals surface area contributed by atoms with Gasteiger partial charge in [-0.3, -0.25) is 9.59 Å². The molecular weight excluding hydrogens is 440 g/mol. The molecule has 1 N–H and O–H groups in total. The molecule has 1 aliphatic rings. The Balaban J connectivity index is 1.40. The first-order valence-corrected chi connectivity index (χ1v) is 12.0. The first kappa shape index (κ1) is 24.3. The largest absolute Gasteiger partial charge is 0.496 e. The number of nitrogens with zero attached hydrogens (tertiary/aromatic N) is 1. The second kappa shape index (κ2) is 12.1. The Bertz CT molecular complexity index is 1100. The van der Waals surface area contributed by atoms with E-state index in [0.29, 0.717) is 38.2 Å². The van der Waals surface area contributed by atoms with E-state index in [4.69, 9.17) is 9.47 Å². The summed E-state index contributed by atoms with van der Waals surface area (Å²) < 4.78 is 11.1. The lowest BCUT2D eigenvalue weighted by molar-refractivity contribution is -0.138. The molecule has 1 heterocycles. The molecule has 2 unspecified atom stereocenters. The third kappa shape index (κ3) is 6.63. The number of hydrogen-bond acceptors (Lipinski definition) is 4. The van der Waals surface area contributed by atoms with Crippen LogP contribution < -0.4 is 14.8 Å². The third-order valence-corrected chi connectivity index (χ3v) is 6.44. The Morgan fingerprint density at radius 1 is 0.914 bits per heavy atom. The van der Waals surface area contributed by atoms with E-state index < -0.39 is 0 Å². The fourth-order valence-corrected chi connectivity index (χ4v) is 4.59. The molecule has 1 aliphatic heterocycles. The number of hydrogen-bond donors (Lipinski definition) is 1. The van der Waals surface area contributed by atoms with Gasteiger partial charge in [0.1, 0.15) is 11.5 Å². The fourth-order valence-electron chi connectivity index (χ4n) is 4.59. The number of carbonyl (C=O) groups excluding carboxylic acids is 2. The molecule has 2 atom stereocenters. The predicted molar refractivity (Wildman–Crippen MR) is 136 cm³/mol. The van der Waals surface area contributed by atoms with Crippen molar-refractivity contribution in [1.29, 1.82) is 0 Å². The summed E-state index contributed by atoms with van der Waals surface area (Å²) in [4.78, 5) is 28.0. The summed E-state index contributed by atoms with van der Waals surface area (Å²) in [5.41, 5.74) is 2.19. The minimum absolute atomic E-state index is 0.0256. The van der Waals surface area contributed by atoms with Crippen LogP contribution in [-0.2, 0) is 16.0 Å². The van der Waals surface area contributed by atoms with E-state index in [1.165, 1.54) is 0 Å². The third-order valence-electron chi connectivity index (χ3n) is 6.44. The summed E-state index contributed by atoms with van der Waals surface area (Å²) in [7, 11) is 1.65. The topological polar surface area (TPSA) is 67.9 Å². The molecule has 0 saturated carbocycles. The Morgan fingerprint density at radius 2 is 1.60 bits per heavy atom. The lowest BCUT2D eigenvalue weighted by Crippen LogP contribution is -2.49. The van der Waals surface area contributed by atoms with E-state index in [0.717, 1.165) is 16.9 Å². The monoisotopic (exact) mass is 472 g/mol. The summed E-state index contributed by atoms with van der Waals surface area (Å²) in [6.07, 6.45) is 1.38. The standard InChI is InChI=1S/C29H32N2O4/c1-34-27-15-9-8-12-23(27)16-17-30-29(33)25-18-24(22-10-4-2-5-11-22)19-31(20-25)28(32)21-35-26-13-6-3-7-14-26/h2-15,24-25H,16-21H2,1H3,(H,30,33). The van der Waals surface area contributed by atoms with Crippen LogP contribution in [0.1, 0.15) is 23.5 Å². The van der Waals surface area contributed by atoms with Crippen molar-refractivity contribution >= 4 is 11.8 Å². The molecule has 0 spiro atoms. The second-order valence-electron chi connectivity index (χ2n) is 8.79. The smallest absolute Gasteiger partial charge is 0.260 e. The number of nitrogens with one attached hydrogen (secondary N) is 1. The Morgan fingerprint density at radius 3 is 2.34 bits per heavy atom. The maximum absolute atomic E-state index is 13.2. The number of ether oxygens (including phenoxy) is 2. The van der Waals surface area contributed by atoms with Gasteiger partial charge in [-0.1, -0.05) is 66.7 Å². The maximum Gasteiger partial charge on any atom is 0.260 e. The highest BCUT2D eigenvalue weighted by Gasteiger charge is 2.34. The summed E-state index contributed by atoms with van der Waals surface area (Å²) in [5.74, 6) is 1.15. The highest BCUT2D eigenvalue weighted by molar-refractivity contribution is 5.82. The highest BCUT2D eigenvalue weighted by atomic mass is 16.5. The van der Waals surface area contributed by atoms with Crippen LogP contribution in [0.3, 0.4) is 0 Å². The molecule has 0 aromatic heterocycles. The van der Waals surface area contributed by atoms with E-state index in [2.05, 4.69) is 17.4 Å². The van der Waals surface area contributed by atoms with Crippen molar-refractivity contribution in [1.82, 2.24) is 10.2 Å². The first-order valence-electron chi connectivity index (χ1n) is 12.0. The van der Waals surface area contributed by atoms with Gasteiger partial charge in [0.15, 0.2) is 6.61 Å². The number of benzene rings is 3. The van der Waals surface area contributed by atoms with Crippen LogP contribution in [0.4, 0.5) is 0 Å². The van der Waals surface area contributed by atoms with Crippen LogP contribution in [0.25, 0.3) is 0 Å². The van der Waals surface area contributed by atoms with Crippen LogP contribution in [0.2, 0.25) is 0 Å². The van der Waals surface area contributed by atoms with Crippen molar-refractivity contribution in [3.05, 3.63) is 96.1 Å². The number of likely N-dealkylation sites (tertiary alicyclic amines) is 1. The van der Waals surface area contributed by atoms with Crippen LogP contribution >= 0.6 is 0 Å². The Hall–Kier alpha value is -3.80. The van der Waals surface area contributed by atoms with Gasteiger partial charge in [0, 0.05) is 25.6 Å². The van der Waals surface area contributed by atoms with Crippen LogP contribution in [0.15, 0.2) is 84.9 Å². The lowest BCUT2D eigenvalue weighted by atomic mass is 9.84. The summed E-state index contributed by atoms with van der Waals surface area (Å²) >= 11 is 0. The van der Waals surface area contributed by atoms with E-state index in [-0.39, 0.29) is 30.3 Å². The molecule has 1 fully saturated rings. The van der Waals surface area contributed by atoms with Gasteiger partial charge in [-0.2, -0.15) is 0 Å². The zero-order valence-corrected chi connectivity index (χ0v) is 20.1. The molecule has 0 bridgehead atoms. The van der Waals surface area contributed by atoms with Gasteiger partial charge in [0.2, 0.25) is 5.91 Å². The lowest BCUT2D eigenvalue weighted by Gasteiger charge is -2.37. The van der Waals surface area contributed by atoms with E-state index in [9.17, 15) is 9.59 Å². The zero-order chi connectivity index (χ0) is 24.5. The minimum atomic E-state index is -0.285. The molecule has 3 aromatic rings. The van der Waals surface area contributed by atoms with E-state index in [1.54, 1.807) is 12.0 Å². The molecule has 35 heavy (non-hydrogen) atoms. The van der Waals surface area contributed by atoms with Gasteiger partial charge in [-0.25, -0.2) is 0 Å². The number of methoxy groups -OCH3 is 1. The SMILES string of the molecule is COc1ccccc1CCNC(=O)C1CC(c2ccccc2)CN(C(=O)COc2ccccc2)C1. The molecular formula is C29H32N2O4. The molecule has 0 radical (unpaired) electrons. The van der Waals surface area contributed by atoms with Crippen molar-refractivity contribution in [2.75, 3.05) is 33.4 Å². The highest BCUT2D eigenvalue weighted by Crippen LogP contribution is 2.30. The number of amides is 2. The fraction of sp³-hybridized carbons (Fsp3) is 0.310. The zero-order valence-electron chi connectivity index (χ0n) is 20.1. The molecule has 1 saturated heterocycles. The van der Waals surface area contributed by atoms with Crippen molar-refractivity contribution in [3.63, 3.8) is 0 Å². The molecule has 3 aromatic carbocycles. The average molecular weight is 473 g/mol. The van der Waals surface area contributed by atoms with Gasteiger partial charge >= 0.3 is 0 Å². The number of para-hydroxylation sites is 2. The van der Waals surface area contributed by atoms with Gasteiger partial charge in [-0.15, -0.1) is 0 Å². The van der Waals surface area contributed by atoms with Crippen molar-refractivity contribution in [2.45, 2.75) is 18.8 Å². The van der Waals surface area contributed by atoms with Crippen molar-refractivity contribution in [2.24, 2.45) is 5.92 Å². The number of rotatable bonds is 9.